The van der Waals surface area contributed by atoms with Crippen LogP contribution in [0, 0.1) is 6.92 Å². The van der Waals surface area contributed by atoms with Crippen LogP contribution in [-0.4, -0.2) is 4.98 Å². The summed E-state index contributed by atoms with van der Waals surface area (Å²) in [5.41, 5.74) is 3.64. The Morgan fingerprint density at radius 1 is 1.06 bits per heavy atom. The fourth-order valence-corrected chi connectivity index (χ4v) is 2.55. The fraction of sp³-hybridized carbons (Fsp3) is 0.438. The molecule has 0 fully saturated rings. The molecule has 0 amide bonds. The first-order valence-electron chi connectivity index (χ1n) is 6.81. The van der Waals surface area contributed by atoms with Crippen LogP contribution in [0.3, 0.4) is 0 Å². The van der Waals surface area contributed by atoms with Crippen molar-refractivity contribution >= 4 is 10.8 Å². The van der Waals surface area contributed by atoms with Crippen LogP contribution in [0.2, 0.25) is 0 Å². The number of aromatic amines is 1. The third-order valence-electron chi connectivity index (χ3n) is 3.37. The topological polar surface area (TPSA) is 32.9 Å². The molecule has 1 N–H and O–H groups in total. The van der Waals surface area contributed by atoms with E-state index in [2.05, 4.69) is 31.0 Å². The molecule has 0 saturated heterocycles. The molecule has 0 atom stereocenters. The Kier molecular flexibility index (Phi) is 3.85. The van der Waals surface area contributed by atoms with E-state index in [1.165, 1.54) is 5.56 Å². The average Bonchev–Trinajstić information content (AvgIpc) is 2.35. The van der Waals surface area contributed by atoms with E-state index in [1.54, 1.807) is 0 Å². The van der Waals surface area contributed by atoms with Crippen molar-refractivity contribution in [1.82, 2.24) is 4.98 Å². The molecule has 0 bridgehead atoms. The summed E-state index contributed by atoms with van der Waals surface area (Å²) in [6.45, 7) is 6.35. The standard InChI is InChI=1S/C16H21NO/c1-4-6-13-12-9-8-11(3)10-14(12)16(18)17-15(13)7-5-2/h8-10H,4-7H2,1-3H3,(H,17,18). The van der Waals surface area contributed by atoms with Gasteiger partial charge in [-0.25, -0.2) is 0 Å². The van der Waals surface area contributed by atoms with Crippen molar-refractivity contribution in [1.29, 1.82) is 0 Å². The van der Waals surface area contributed by atoms with E-state index in [4.69, 9.17) is 0 Å². The van der Waals surface area contributed by atoms with Crippen LogP contribution in [0.15, 0.2) is 23.0 Å². The van der Waals surface area contributed by atoms with Gasteiger partial charge in [0.15, 0.2) is 0 Å². The number of nitrogens with one attached hydrogen (secondary N) is 1. The maximum absolute atomic E-state index is 12.1. The van der Waals surface area contributed by atoms with E-state index < -0.39 is 0 Å². The van der Waals surface area contributed by atoms with Crippen LogP contribution < -0.4 is 5.56 Å². The van der Waals surface area contributed by atoms with Gasteiger partial charge in [-0.05, 0) is 36.8 Å². The maximum atomic E-state index is 12.1. The molecule has 96 valence electrons. The van der Waals surface area contributed by atoms with E-state index in [1.807, 2.05) is 13.0 Å². The molecule has 2 rings (SSSR count). The van der Waals surface area contributed by atoms with Crippen molar-refractivity contribution in [3.05, 3.63) is 45.4 Å². The number of H-pyrrole nitrogens is 1. The number of fused-ring (bicyclic) bond motifs is 1. The van der Waals surface area contributed by atoms with Crippen molar-refractivity contribution in [2.24, 2.45) is 0 Å². The van der Waals surface area contributed by atoms with Gasteiger partial charge < -0.3 is 4.98 Å². The number of pyridine rings is 1. The zero-order chi connectivity index (χ0) is 13.1. The molecule has 1 heterocycles. The number of hydrogen-bond donors (Lipinski definition) is 1. The normalized spacial score (nSPS) is 11.1. The molecule has 1 aromatic carbocycles. The Balaban J connectivity index is 2.75. The fourth-order valence-electron chi connectivity index (χ4n) is 2.55. The third kappa shape index (κ3) is 2.33. The first-order valence-corrected chi connectivity index (χ1v) is 6.81. The van der Waals surface area contributed by atoms with Gasteiger partial charge in [0.05, 0.1) is 0 Å². The monoisotopic (exact) mass is 243 g/mol. The second kappa shape index (κ2) is 5.38. The van der Waals surface area contributed by atoms with Gasteiger partial charge in [-0.15, -0.1) is 0 Å². The van der Waals surface area contributed by atoms with Crippen LogP contribution in [0.4, 0.5) is 0 Å². The number of hydrogen-bond acceptors (Lipinski definition) is 1. The molecule has 2 heteroatoms. The van der Waals surface area contributed by atoms with Gasteiger partial charge in [-0.2, -0.15) is 0 Å². The maximum Gasteiger partial charge on any atom is 0.256 e. The van der Waals surface area contributed by atoms with Crippen LogP contribution in [0.5, 0.6) is 0 Å². The van der Waals surface area contributed by atoms with E-state index in [-0.39, 0.29) is 5.56 Å². The summed E-state index contributed by atoms with van der Waals surface area (Å²) in [6.07, 6.45) is 4.15. The van der Waals surface area contributed by atoms with E-state index in [9.17, 15) is 4.79 Å². The van der Waals surface area contributed by atoms with Crippen molar-refractivity contribution in [3.63, 3.8) is 0 Å². The number of rotatable bonds is 4. The van der Waals surface area contributed by atoms with E-state index in [0.717, 1.165) is 47.7 Å². The molecule has 0 aliphatic rings. The minimum atomic E-state index is 0.0528. The molecular formula is C16H21NO. The molecular weight excluding hydrogens is 222 g/mol. The molecule has 0 aliphatic carbocycles. The number of benzene rings is 1. The van der Waals surface area contributed by atoms with Gasteiger partial charge in [-0.1, -0.05) is 44.4 Å². The molecule has 0 radical (unpaired) electrons. The molecule has 1 aromatic heterocycles. The highest BCUT2D eigenvalue weighted by atomic mass is 16.1. The summed E-state index contributed by atoms with van der Waals surface area (Å²) in [4.78, 5) is 15.2. The zero-order valence-corrected chi connectivity index (χ0v) is 11.5. The Morgan fingerprint density at radius 2 is 1.78 bits per heavy atom. The molecule has 18 heavy (non-hydrogen) atoms. The molecule has 0 unspecified atom stereocenters. The highest BCUT2D eigenvalue weighted by molar-refractivity contribution is 5.86. The molecule has 0 aliphatic heterocycles. The second-order valence-electron chi connectivity index (χ2n) is 4.96. The van der Waals surface area contributed by atoms with Crippen molar-refractivity contribution in [2.75, 3.05) is 0 Å². The number of aromatic nitrogens is 1. The Morgan fingerprint density at radius 3 is 2.44 bits per heavy atom. The Bertz CT molecular complexity index is 610. The minimum absolute atomic E-state index is 0.0528. The predicted octanol–water partition coefficient (Wildman–Crippen LogP) is 3.74. The van der Waals surface area contributed by atoms with Gasteiger partial charge in [0.1, 0.15) is 0 Å². The highest BCUT2D eigenvalue weighted by Crippen LogP contribution is 2.21. The summed E-state index contributed by atoms with van der Waals surface area (Å²) in [6, 6.07) is 6.18. The van der Waals surface area contributed by atoms with Gasteiger partial charge in [0.2, 0.25) is 0 Å². The van der Waals surface area contributed by atoms with Gasteiger partial charge in [-0.3, -0.25) is 4.79 Å². The highest BCUT2D eigenvalue weighted by Gasteiger charge is 2.10. The van der Waals surface area contributed by atoms with Crippen LogP contribution in [0.25, 0.3) is 10.8 Å². The van der Waals surface area contributed by atoms with Gasteiger partial charge in [0.25, 0.3) is 5.56 Å². The SMILES string of the molecule is CCCc1[nH]c(=O)c2cc(C)ccc2c1CCC. The van der Waals surface area contributed by atoms with Crippen LogP contribution >= 0.6 is 0 Å². The lowest BCUT2D eigenvalue weighted by Crippen LogP contribution is -2.13. The lowest BCUT2D eigenvalue weighted by atomic mass is 9.97. The first kappa shape index (κ1) is 12.9. The van der Waals surface area contributed by atoms with Gasteiger partial charge in [0, 0.05) is 11.1 Å². The number of aryl methyl sites for hydroxylation is 3. The molecule has 2 nitrogen and oxygen atoms in total. The average molecular weight is 243 g/mol. The lowest BCUT2D eigenvalue weighted by molar-refractivity contribution is 0.831. The summed E-state index contributed by atoms with van der Waals surface area (Å²) >= 11 is 0. The molecule has 0 spiro atoms. The zero-order valence-electron chi connectivity index (χ0n) is 11.5. The minimum Gasteiger partial charge on any atom is -0.325 e. The van der Waals surface area contributed by atoms with Crippen molar-refractivity contribution in [3.8, 4) is 0 Å². The summed E-state index contributed by atoms with van der Waals surface area (Å²) < 4.78 is 0. The summed E-state index contributed by atoms with van der Waals surface area (Å²) in [5, 5.41) is 1.97. The third-order valence-corrected chi connectivity index (χ3v) is 3.37. The molecule has 0 saturated carbocycles. The quantitative estimate of drug-likeness (QED) is 0.871. The predicted molar refractivity (Wildman–Crippen MR) is 77.3 cm³/mol. The Labute approximate surface area is 108 Å². The van der Waals surface area contributed by atoms with Crippen molar-refractivity contribution in [2.45, 2.75) is 46.5 Å². The van der Waals surface area contributed by atoms with Gasteiger partial charge >= 0.3 is 0 Å². The van der Waals surface area contributed by atoms with Crippen molar-refractivity contribution < 1.29 is 0 Å². The first-order chi connectivity index (χ1) is 8.67. The Hall–Kier alpha value is -1.57. The smallest absolute Gasteiger partial charge is 0.256 e. The summed E-state index contributed by atoms with van der Waals surface area (Å²) in [5.74, 6) is 0. The van der Waals surface area contributed by atoms with E-state index >= 15 is 0 Å². The van der Waals surface area contributed by atoms with Crippen LogP contribution in [0.1, 0.15) is 43.5 Å². The van der Waals surface area contributed by atoms with Crippen LogP contribution in [-0.2, 0) is 12.8 Å². The summed E-state index contributed by atoms with van der Waals surface area (Å²) in [7, 11) is 0. The lowest BCUT2D eigenvalue weighted by Gasteiger charge is -2.12. The largest absolute Gasteiger partial charge is 0.325 e. The molecule has 2 aromatic rings. The second-order valence-corrected chi connectivity index (χ2v) is 4.96. The van der Waals surface area contributed by atoms with E-state index in [0.29, 0.717) is 0 Å².